The van der Waals surface area contributed by atoms with Gasteiger partial charge in [0.25, 0.3) is 0 Å². The Morgan fingerprint density at radius 1 is 1.28 bits per heavy atom. The van der Waals surface area contributed by atoms with Gasteiger partial charge in [-0.25, -0.2) is 9.78 Å². The highest BCUT2D eigenvalue weighted by atomic mass is 19.4. The van der Waals surface area contributed by atoms with Crippen LogP contribution in [0.3, 0.4) is 0 Å². The van der Waals surface area contributed by atoms with Crippen molar-refractivity contribution < 1.29 is 27.8 Å². The van der Waals surface area contributed by atoms with Gasteiger partial charge in [-0.3, -0.25) is 14.3 Å². The molecular weight excluding hydrogens is 427 g/mol. The Kier molecular flexibility index (Phi) is 7.65. The quantitative estimate of drug-likeness (QED) is 0.615. The molecule has 2 aromatic heterocycles. The van der Waals surface area contributed by atoms with Crippen LogP contribution < -0.4 is 5.32 Å². The summed E-state index contributed by atoms with van der Waals surface area (Å²) < 4.78 is 39.2. The van der Waals surface area contributed by atoms with E-state index in [1.165, 1.54) is 5.56 Å². The normalized spacial score (nSPS) is 15.6. The van der Waals surface area contributed by atoms with Crippen molar-refractivity contribution in [3.63, 3.8) is 0 Å². The van der Waals surface area contributed by atoms with E-state index in [1.807, 2.05) is 12.4 Å². The van der Waals surface area contributed by atoms with Gasteiger partial charge in [0.1, 0.15) is 0 Å². The Morgan fingerprint density at radius 2 is 2.00 bits per heavy atom. The molecule has 2 N–H and O–H groups in total. The molecule has 0 saturated carbocycles. The van der Waals surface area contributed by atoms with Crippen LogP contribution in [-0.2, 0) is 16.1 Å². The zero-order valence-corrected chi connectivity index (χ0v) is 17.4. The topological polar surface area (TPSA) is 92.0 Å². The first-order valence-corrected chi connectivity index (χ1v) is 9.97. The van der Waals surface area contributed by atoms with Crippen LogP contribution in [0.4, 0.5) is 18.9 Å². The van der Waals surface area contributed by atoms with Crippen LogP contribution in [0.15, 0.2) is 49.1 Å². The smallest absolute Gasteiger partial charge is 0.475 e. The maximum atomic E-state index is 10.6. The van der Waals surface area contributed by atoms with Crippen molar-refractivity contribution in [3.05, 3.63) is 60.3 Å². The number of aliphatic carboxylic acids is 1. The number of ether oxygens (including phenoxy) is 1. The third-order valence-electron chi connectivity index (χ3n) is 5.07. The van der Waals surface area contributed by atoms with Crippen LogP contribution in [0.1, 0.15) is 24.2 Å². The molecule has 1 saturated heterocycles. The predicted octanol–water partition coefficient (Wildman–Crippen LogP) is 3.37. The molecule has 11 heteroatoms. The minimum Gasteiger partial charge on any atom is -0.475 e. The molecule has 0 bridgehead atoms. The summed E-state index contributed by atoms with van der Waals surface area (Å²) >= 11 is 0. The molecule has 1 unspecified atom stereocenters. The molecule has 3 heterocycles. The molecule has 1 aliphatic heterocycles. The van der Waals surface area contributed by atoms with Gasteiger partial charge in [-0.05, 0) is 24.6 Å². The Labute approximate surface area is 182 Å². The van der Waals surface area contributed by atoms with E-state index < -0.39 is 12.1 Å². The minimum atomic E-state index is -5.08. The minimum absolute atomic E-state index is 0.396. The fraction of sp³-hybridized carbons (Fsp3) is 0.381. The van der Waals surface area contributed by atoms with Crippen LogP contribution in [-0.4, -0.2) is 62.8 Å². The molecule has 0 spiro atoms. The van der Waals surface area contributed by atoms with Crippen molar-refractivity contribution in [1.82, 2.24) is 19.3 Å². The second kappa shape index (κ2) is 10.4. The number of imidazole rings is 1. The van der Waals surface area contributed by atoms with Crippen molar-refractivity contribution in [2.45, 2.75) is 25.7 Å². The summed E-state index contributed by atoms with van der Waals surface area (Å²) in [6.45, 7) is 6.63. The van der Waals surface area contributed by atoms with Gasteiger partial charge in [-0.15, -0.1) is 0 Å². The summed E-state index contributed by atoms with van der Waals surface area (Å²) in [7, 11) is 0. The second-order valence-corrected chi connectivity index (χ2v) is 7.16. The molecule has 32 heavy (non-hydrogen) atoms. The third kappa shape index (κ3) is 6.17. The van der Waals surface area contributed by atoms with Crippen LogP contribution in [0.5, 0.6) is 0 Å². The number of benzene rings is 1. The summed E-state index contributed by atoms with van der Waals surface area (Å²) in [6, 6.07) is 9.07. The molecular formula is C21H24F3N5O3. The van der Waals surface area contributed by atoms with Gasteiger partial charge >= 0.3 is 12.1 Å². The summed E-state index contributed by atoms with van der Waals surface area (Å²) in [5.74, 6) is -2.76. The number of carboxylic acids is 1. The van der Waals surface area contributed by atoms with Crippen molar-refractivity contribution in [1.29, 1.82) is 0 Å². The number of halogens is 3. The van der Waals surface area contributed by atoms with Gasteiger partial charge in [-0.2, -0.15) is 13.2 Å². The van der Waals surface area contributed by atoms with Crippen LogP contribution in [0, 0.1) is 0 Å². The Morgan fingerprint density at radius 3 is 2.69 bits per heavy atom. The number of rotatable bonds is 5. The molecule has 0 radical (unpaired) electrons. The number of aromatic nitrogens is 3. The molecule has 1 atom stereocenters. The lowest BCUT2D eigenvalue weighted by atomic mass is 10.1. The predicted molar refractivity (Wildman–Crippen MR) is 111 cm³/mol. The molecule has 3 aromatic rings. The van der Waals surface area contributed by atoms with E-state index in [9.17, 15) is 13.2 Å². The number of nitrogens with zero attached hydrogens (tertiary/aromatic N) is 4. The first kappa shape index (κ1) is 23.5. The van der Waals surface area contributed by atoms with Gasteiger partial charge < -0.3 is 15.2 Å². The molecule has 4 rings (SSSR count). The van der Waals surface area contributed by atoms with E-state index in [4.69, 9.17) is 14.6 Å². The molecule has 0 aliphatic carbocycles. The number of carbonyl (C=O) groups is 1. The number of carboxylic acid groups (broad SMARTS) is 1. The zero-order chi connectivity index (χ0) is 23.1. The highest BCUT2D eigenvalue weighted by Crippen LogP contribution is 2.24. The van der Waals surface area contributed by atoms with Crippen molar-refractivity contribution in [2.75, 3.05) is 31.6 Å². The Hall–Kier alpha value is -3.18. The van der Waals surface area contributed by atoms with E-state index in [0.29, 0.717) is 6.04 Å². The van der Waals surface area contributed by atoms with Crippen LogP contribution in [0.25, 0.3) is 5.65 Å². The van der Waals surface area contributed by atoms with E-state index in [0.717, 1.165) is 49.9 Å². The largest absolute Gasteiger partial charge is 0.490 e. The second-order valence-electron chi connectivity index (χ2n) is 7.16. The molecule has 1 aromatic carbocycles. The summed E-state index contributed by atoms with van der Waals surface area (Å²) in [5, 5.41) is 10.6. The highest BCUT2D eigenvalue weighted by Gasteiger charge is 2.38. The summed E-state index contributed by atoms with van der Waals surface area (Å²) in [4.78, 5) is 19.9. The lowest BCUT2D eigenvalue weighted by Gasteiger charge is -2.32. The Balaban J connectivity index is 0.000000360. The van der Waals surface area contributed by atoms with Gasteiger partial charge in [-0.1, -0.05) is 12.1 Å². The molecule has 1 fully saturated rings. The number of alkyl halides is 3. The fourth-order valence-electron chi connectivity index (χ4n) is 3.30. The fourth-order valence-corrected chi connectivity index (χ4v) is 3.30. The maximum absolute atomic E-state index is 10.6. The number of fused-ring (bicyclic) bond motifs is 1. The Bertz CT molecular complexity index is 1030. The standard InChI is InChI=1S/C19H23N5O.C2HF3O2/c1-15(23-7-9-25-10-8-23)16-3-2-4-17(11-16)21-12-18-13-22-19-14-20-5-6-24(18)19;3-2(4,5)1(6)7/h2-6,11,13-15,21H,7-10,12H2,1H3;(H,6,7). The van der Waals surface area contributed by atoms with E-state index in [-0.39, 0.29) is 0 Å². The van der Waals surface area contributed by atoms with E-state index in [1.54, 1.807) is 12.4 Å². The van der Waals surface area contributed by atoms with Gasteiger partial charge in [0, 0.05) is 37.2 Å². The molecule has 1 aliphatic rings. The van der Waals surface area contributed by atoms with E-state index >= 15 is 0 Å². The SMILES string of the molecule is CC(c1cccc(NCc2cnc3cnccn23)c1)N1CCOCC1.O=C(O)C(F)(F)F. The van der Waals surface area contributed by atoms with Crippen molar-refractivity contribution in [3.8, 4) is 0 Å². The average Bonchev–Trinajstić information content (AvgIpc) is 3.21. The van der Waals surface area contributed by atoms with Crippen LogP contribution >= 0.6 is 0 Å². The molecule has 0 amide bonds. The molecule has 8 nitrogen and oxygen atoms in total. The lowest BCUT2D eigenvalue weighted by Crippen LogP contribution is -2.38. The molecule has 172 valence electrons. The van der Waals surface area contributed by atoms with Crippen molar-refractivity contribution in [2.24, 2.45) is 0 Å². The monoisotopic (exact) mass is 451 g/mol. The van der Waals surface area contributed by atoms with Gasteiger partial charge in [0.15, 0.2) is 5.65 Å². The number of hydrogen-bond donors (Lipinski definition) is 2. The zero-order valence-electron chi connectivity index (χ0n) is 17.4. The number of morpholine rings is 1. The lowest BCUT2D eigenvalue weighted by molar-refractivity contribution is -0.192. The van der Waals surface area contributed by atoms with Crippen molar-refractivity contribution >= 4 is 17.3 Å². The van der Waals surface area contributed by atoms with E-state index in [2.05, 4.69) is 55.8 Å². The maximum Gasteiger partial charge on any atom is 0.490 e. The number of anilines is 1. The van der Waals surface area contributed by atoms with Crippen LogP contribution in [0.2, 0.25) is 0 Å². The number of hydrogen-bond acceptors (Lipinski definition) is 6. The van der Waals surface area contributed by atoms with Gasteiger partial charge in [0.05, 0.1) is 37.8 Å². The summed E-state index contributed by atoms with van der Waals surface area (Å²) in [5.41, 5.74) is 4.44. The highest BCUT2D eigenvalue weighted by molar-refractivity contribution is 5.73. The number of nitrogens with one attached hydrogen (secondary N) is 1. The average molecular weight is 451 g/mol. The third-order valence-corrected chi connectivity index (χ3v) is 5.07. The first-order chi connectivity index (χ1) is 15.3. The first-order valence-electron chi connectivity index (χ1n) is 9.97. The van der Waals surface area contributed by atoms with Gasteiger partial charge in [0.2, 0.25) is 0 Å². The summed E-state index contributed by atoms with van der Waals surface area (Å²) in [6.07, 6.45) is 2.30.